The van der Waals surface area contributed by atoms with Gasteiger partial charge in [0.2, 0.25) is 10.0 Å². The topological polar surface area (TPSA) is 81.4 Å². The highest BCUT2D eigenvalue weighted by Gasteiger charge is 2.18. The molecule has 108 valence electrons. The van der Waals surface area contributed by atoms with Crippen LogP contribution in [-0.4, -0.2) is 21.6 Å². The smallest absolute Gasteiger partial charge is 0.240 e. The quantitative estimate of drug-likeness (QED) is 0.752. The summed E-state index contributed by atoms with van der Waals surface area (Å²) in [6.45, 7) is 3.94. The van der Waals surface area contributed by atoms with Crippen LogP contribution in [0.2, 0.25) is 0 Å². The second-order valence-corrected chi connectivity index (χ2v) is 6.28. The van der Waals surface area contributed by atoms with E-state index >= 15 is 0 Å². The van der Waals surface area contributed by atoms with E-state index in [9.17, 15) is 8.42 Å². The molecule has 0 saturated carbocycles. The standard InChI is InChI=1S/C13H22N2O3S/c1-4-5-6-10(2)15-19(16,17)11-7-8-13(18-3)12(14)9-11/h7-10,15H,4-6,14H2,1-3H3. The lowest BCUT2D eigenvalue weighted by molar-refractivity contribution is 0.416. The van der Waals surface area contributed by atoms with Crippen molar-refractivity contribution >= 4 is 15.7 Å². The number of anilines is 1. The number of nitrogens with one attached hydrogen (secondary N) is 1. The minimum atomic E-state index is -3.52. The molecule has 0 aliphatic carbocycles. The molecule has 1 aromatic rings. The third-order valence-electron chi connectivity index (χ3n) is 2.86. The Morgan fingerprint density at radius 1 is 1.42 bits per heavy atom. The van der Waals surface area contributed by atoms with E-state index < -0.39 is 10.0 Å². The van der Waals surface area contributed by atoms with E-state index in [2.05, 4.69) is 11.6 Å². The van der Waals surface area contributed by atoms with Gasteiger partial charge in [0, 0.05) is 6.04 Å². The summed E-state index contributed by atoms with van der Waals surface area (Å²) < 4.78 is 32.0. The summed E-state index contributed by atoms with van der Waals surface area (Å²) in [7, 11) is -2.03. The number of rotatable bonds is 7. The van der Waals surface area contributed by atoms with Crippen molar-refractivity contribution < 1.29 is 13.2 Å². The fraction of sp³-hybridized carbons (Fsp3) is 0.538. The summed E-state index contributed by atoms with van der Waals surface area (Å²) in [5, 5.41) is 0. The zero-order valence-electron chi connectivity index (χ0n) is 11.6. The Bertz CT molecular complexity index is 515. The molecule has 0 bridgehead atoms. The van der Waals surface area contributed by atoms with Crippen molar-refractivity contribution in [2.45, 2.75) is 44.0 Å². The SMILES string of the molecule is CCCCC(C)NS(=O)(=O)c1ccc(OC)c(N)c1. The molecule has 1 unspecified atom stereocenters. The Morgan fingerprint density at radius 2 is 2.11 bits per heavy atom. The highest BCUT2D eigenvalue weighted by atomic mass is 32.2. The van der Waals surface area contributed by atoms with Gasteiger partial charge in [0.05, 0.1) is 17.7 Å². The van der Waals surface area contributed by atoms with Crippen molar-refractivity contribution in [2.75, 3.05) is 12.8 Å². The number of hydrogen-bond acceptors (Lipinski definition) is 4. The van der Waals surface area contributed by atoms with Crippen molar-refractivity contribution in [2.24, 2.45) is 0 Å². The lowest BCUT2D eigenvalue weighted by atomic mass is 10.2. The maximum Gasteiger partial charge on any atom is 0.240 e. The van der Waals surface area contributed by atoms with Crippen LogP contribution in [-0.2, 0) is 10.0 Å². The molecule has 0 saturated heterocycles. The predicted molar refractivity (Wildman–Crippen MR) is 76.7 cm³/mol. The summed E-state index contributed by atoms with van der Waals surface area (Å²) in [6, 6.07) is 4.37. The minimum absolute atomic E-state index is 0.0896. The number of methoxy groups -OCH3 is 1. The van der Waals surface area contributed by atoms with Gasteiger partial charge in [-0.15, -0.1) is 0 Å². The molecule has 0 aromatic heterocycles. The molecule has 3 N–H and O–H groups in total. The van der Waals surface area contributed by atoms with Gasteiger partial charge in [-0.3, -0.25) is 0 Å². The predicted octanol–water partition coefficient (Wildman–Crippen LogP) is 2.13. The summed E-state index contributed by atoms with van der Waals surface area (Å²) >= 11 is 0. The molecule has 0 spiro atoms. The molecule has 0 heterocycles. The van der Waals surface area contributed by atoms with Gasteiger partial charge in [0.15, 0.2) is 0 Å². The molecular formula is C13H22N2O3S. The second kappa shape index (κ2) is 6.77. The fourth-order valence-corrected chi connectivity index (χ4v) is 3.09. The van der Waals surface area contributed by atoms with E-state index in [1.165, 1.54) is 19.2 Å². The van der Waals surface area contributed by atoms with Crippen LogP contribution in [0, 0.1) is 0 Å². The van der Waals surface area contributed by atoms with Crippen molar-refractivity contribution in [3.8, 4) is 5.75 Å². The first-order valence-electron chi connectivity index (χ1n) is 6.36. The van der Waals surface area contributed by atoms with E-state index in [-0.39, 0.29) is 10.9 Å². The van der Waals surface area contributed by atoms with Crippen LogP contribution in [0.4, 0.5) is 5.69 Å². The van der Waals surface area contributed by atoms with Gasteiger partial charge in [0.25, 0.3) is 0 Å². The van der Waals surface area contributed by atoms with Crippen LogP contribution in [0.5, 0.6) is 5.75 Å². The van der Waals surface area contributed by atoms with Crippen LogP contribution in [0.25, 0.3) is 0 Å². The molecule has 0 aliphatic rings. The molecular weight excluding hydrogens is 264 g/mol. The largest absolute Gasteiger partial charge is 0.495 e. The first-order chi connectivity index (χ1) is 8.90. The normalized spacial score (nSPS) is 13.2. The van der Waals surface area contributed by atoms with Crippen molar-refractivity contribution in [1.82, 2.24) is 4.72 Å². The highest BCUT2D eigenvalue weighted by Crippen LogP contribution is 2.24. The average Bonchev–Trinajstić information content (AvgIpc) is 2.35. The Kier molecular flexibility index (Phi) is 5.62. The van der Waals surface area contributed by atoms with E-state index in [1.54, 1.807) is 6.07 Å². The van der Waals surface area contributed by atoms with Crippen molar-refractivity contribution in [1.29, 1.82) is 0 Å². The van der Waals surface area contributed by atoms with Gasteiger partial charge in [-0.1, -0.05) is 19.8 Å². The average molecular weight is 286 g/mol. The molecule has 1 aromatic carbocycles. The van der Waals surface area contributed by atoms with Crippen LogP contribution in [0.15, 0.2) is 23.1 Å². The Hall–Kier alpha value is -1.27. The van der Waals surface area contributed by atoms with E-state index in [1.807, 2.05) is 6.92 Å². The third kappa shape index (κ3) is 4.40. The van der Waals surface area contributed by atoms with Gasteiger partial charge < -0.3 is 10.5 Å². The maximum absolute atomic E-state index is 12.2. The van der Waals surface area contributed by atoms with Crippen LogP contribution in [0.1, 0.15) is 33.1 Å². The zero-order chi connectivity index (χ0) is 14.5. The van der Waals surface area contributed by atoms with Gasteiger partial charge in [-0.05, 0) is 31.5 Å². The van der Waals surface area contributed by atoms with Gasteiger partial charge in [-0.2, -0.15) is 0 Å². The summed E-state index contributed by atoms with van der Waals surface area (Å²) in [6.07, 6.45) is 2.86. The van der Waals surface area contributed by atoms with Crippen LogP contribution in [0.3, 0.4) is 0 Å². The summed E-state index contributed by atoms with van der Waals surface area (Å²) in [5.41, 5.74) is 6.03. The maximum atomic E-state index is 12.2. The number of hydrogen-bond donors (Lipinski definition) is 2. The molecule has 1 rings (SSSR count). The molecule has 0 fully saturated rings. The lowest BCUT2D eigenvalue weighted by Crippen LogP contribution is -2.32. The molecule has 5 nitrogen and oxygen atoms in total. The van der Waals surface area contributed by atoms with Gasteiger partial charge >= 0.3 is 0 Å². The second-order valence-electron chi connectivity index (χ2n) is 4.57. The van der Waals surface area contributed by atoms with E-state index in [0.717, 1.165) is 19.3 Å². The Morgan fingerprint density at radius 3 is 2.63 bits per heavy atom. The highest BCUT2D eigenvalue weighted by molar-refractivity contribution is 7.89. The van der Waals surface area contributed by atoms with Crippen LogP contribution >= 0.6 is 0 Å². The zero-order valence-corrected chi connectivity index (χ0v) is 12.5. The Balaban J connectivity index is 2.85. The fourth-order valence-electron chi connectivity index (χ4n) is 1.78. The molecule has 6 heteroatoms. The van der Waals surface area contributed by atoms with Gasteiger partial charge in [0.1, 0.15) is 5.75 Å². The van der Waals surface area contributed by atoms with E-state index in [4.69, 9.17) is 10.5 Å². The first kappa shape index (κ1) is 15.8. The number of benzene rings is 1. The number of sulfonamides is 1. The van der Waals surface area contributed by atoms with Crippen molar-refractivity contribution in [3.05, 3.63) is 18.2 Å². The van der Waals surface area contributed by atoms with E-state index in [0.29, 0.717) is 11.4 Å². The summed E-state index contributed by atoms with van der Waals surface area (Å²) in [4.78, 5) is 0.161. The number of ether oxygens (including phenoxy) is 1. The molecule has 19 heavy (non-hydrogen) atoms. The van der Waals surface area contributed by atoms with Crippen LogP contribution < -0.4 is 15.2 Å². The number of nitrogens with two attached hydrogens (primary N) is 1. The molecule has 0 aliphatic heterocycles. The Labute approximate surface area is 115 Å². The first-order valence-corrected chi connectivity index (χ1v) is 7.85. The molecule has 0 radical (unpaired) electrons. The summed E-state index contributed by atoms with van der Waals surface area (Å²) in [5.74, 6) is 0.470. The third-order valence-corrected chi connectivity index (χ3v) is 4.45. The van der Waals surface area contributed by atoms with Gasteiger partial charge in [-0.25, -0.2) is 13.1 Å². The monoisotopic (exact) mass is 286 g/mol. The molecule has 0 amide bonds. The number of nitrogen functional groups attached to an aromatic ring is 1. The minimum Gasteiger partial charge on any atom is -0.495 e. The number of unbranched alkanes of at least 4 members (excludes halogenated alkanes) is 1. The lowest BCUT2D eigenvalue weighted by Gasteiger charge is -2.14. The van der Waals surface area contributed by atoms with Crippen molar-refractivity contribution in [3.63, 3.8) is 0 Å². The molecule has 1 atom stereocenters.